The highest BCUT2D eigenvalue weighted by Gasteiger charge is 2.18. The van der Waals surface area contributed by atoms with Gasteiger partial charge in [-0.3, -0.25) is 19.7 Å². The summed E-state index contributed by atoms with van der Waals surface area (Å²) in [5.74, 6) is 0.276. The molecule has 0 saturated heterocycles. The van der Waals surface area contributed by atoms with Crippen LogP contribution in [0, 0.1) is 6.92 Å². The number of aromatic nitrogens is 4. The van der Waals surface area contributed by atoms with Crippen LogP contribution in [0.4, 0.5) is 4.79 Å². The Labute approximate surface area is 160 Å². The lowest BCUT2D eigenvalue weighted by atomic mass is 10.2. The zero-order valence-corrected chi connectivity index (χ0v) is 15.7. The first-order valence-electron chi connectivity index (χ1n) is 8.16. The van der Waals surface area contributed by atoms with E-state index in [-0.39, 0.29) is 5.75 Å². The molecule has 0 atom stereocenters. The number of nitrogens with one attached hydrogen (secondary N) is 2. The lowest BCUT2D eigenvalue weighted by Gasteiger charge is -2.12. The second-order valence-electron chi connectivity index (χ2n) is 5.58. The summed E-state index contributed by atoms with van der Waals surface area (Å²) in [5, 5.41) is 13.7. The molecule has 27 heavy (non-hydrogen) atoms. The Morgan fingerprint density at radius 2 is 1.85 bits per heavy atom. The number of pyridine rings is 1. The van der Waals surface area contributed by atoms with Crippen LogP contribution < -0.4 is 10.6 Å². The van der Waals surface area contributed by atoms with Crippen LogP contribution in [-0.2, 0) is 4.79 Å². The zero-order valence-electron chi connectivity index (χ0n) is 14.8. The van der Waals surface area contributed by atoms with Gasteiger partial charge in [0.2, 0.25) is 5.91 Å². The predicted octanol–water partition coefficient (Wildman–Crippen LogP) is 2.19. The molecule has 0 unspecified atom stereocenters. The molecule has 9 heteroatoms. The molecule has 0 aliphatic carbocycles. The van der Waals surface area contributed by atoms with E-state index in [1.54, 1.807) is 12.4 Å². The third-order valence-electron chi connectivity index (χ3n) is 3.74. The van der Waals surface area contributed by atoms with Crippen molar-refractivity contribution in [1.82, 2.24) is 30.4 Å². The first-order valence-corrected chi connectivity index (χ1v) is 9.15. The van der Waals surface area contributed by atoms with E-state index in [9.17, 15) is 9.59 Å². The minimum absolute atomic E-state index is 0.0355. The van der Waals surface area contributed by atoms with E-state index in [0.29, 0.717) is 11.0 Å². The molecule has 3 amide bonds. The first kappa shape index (κ1) is 18.6. The van der Waals surface area contributed by atoms with E-state index in [2.05, 4.69) is 25.8 Å². The van der Waals surface area contributed by atoms with Gasteiger partial charge in [0.05, 0.1) is 11.4 Å². The number of imide groups is 1. The highest BCUT2D eigenvalue weighted by molar-refractivity contribution is 7.99. The number of carbonyl (C=O) groups is 2. The van der Waals surface area contributed by atoms with Crippen molar-refractivity contribution in [3.8, 4) is 17.1 Å². The zero-order chi connectivity index (χ0) is 19.2. The number of benzene rings is 1. The van der Waals surface area contributed by atoms with Gasteiger partial charge >= 0.3 is 6.03 Å². The molecule has 0 aliphatic rings. The smallest absolute Gasteiger partial charge is 0.321 e. The third-order valence-corrected chi connectivity index (χ3v) is 4.67. The largest absolute Gasteiger partial charge is 0.341 e. The molecule has 138 valence electrons. The lowest BCUT2D eigenvalue weighted by molar-refractivity contribution is -0.117. The molecule has 0 saturated carbocycles. The van der Waals surface area contributed by atoms with Crippen molar-refractivity contribution >= 4 is 23.7 Å². The number of hydrogen-bond donors (Lipinski definition) is 2. The number of urea groups is 1. The highest BCUT2D eigenvalue weighted by atomic mass is 32.2. The number of thioether (sulfide) groups is 1. The van der Waals surface area contributed by atoms with Crippen molar-refractivity contribution in [2.24, 2.45) is 0 Å². The van der Waals surface area contributed by atoms with Crippen LogP contribution in [0.15, 0.2) is 53.9 Å². The van der Waals surface area contributed by atoms with Crippen LogP contribution in [0.1, 0.15) is 5.56 Å². The van der Waals surface area contributed by atoms with Gasteiger partial charge in [-0.1, -0.05) is 30.0 Å². The van der Waals surface area contributed by atoms with Gasteiger partial charge in [-0.05, 0) is 30.7 Å². The van der Waals surface area contributed by atoms with Gasteiger partial charge < -0.3 is 5.32 Å². The van der Waals surface area contributed by atoms with Crippen LogP contribution in [0.25, 0.3) is 17.1 Å². The Morgan fingerprint density at radius 3 is 2.56 bits per heavy atom. The normalized spacial score (nSPS) is 10.4. The molecule has 0 spiro atoms. The number of nitrogens with zero attached hydrogens (tertiary/aromatic N) is 4. The van der Waals surface area contributed by atoms with E-state index >= 15 is 0 Å². The van der Waals surface area contributed by atoms with Crippen molar-refractivity contribution in [1.29, 1.82) is 0 Å². The maximum absolute atomic E-state index is 11.9. The first-order chi connectivity index (χ1) is 13.1. The van der Waals surface area contributed by atoms with Crippen LogP contribution in [0.5, 0.6) is 0 Å². The summed E-state index contributed by atoms with van der Waals surface area (Å²) in [6, 6.07) is 11.0. The molecular formula is C18H18N6O2S. The average Bonchev–Trinajstić information content (AvgIpc) is 3.11. The second kappa shape index (κ2) is 8.45. The molecule has 2 N–H and O–H groups in total. The molecule has 0 bridgehead atoms. The fourth-order valence-corrected chi connectivity index (χ4v) is 3.18. The Balaban J connectivity index is 1.95. The molecule has 1 aromatic carbocycles. The quantitative estimate of drug-likeness (QED) is 0.656. The molecule has 2 aromatic heterocycles. The summed E-state index contributed by atoms with van der Waals surface area (Å²) in [7, 11) is 1.45. The summed E-state index contributed by atoms with van der Waals surface area (Å²) in [5.41, 5.74) is 2.83. The topological polar surface area (TPSA) is 102 Å². The van der Waals surface area contributed by atoms with Gasteiger partial charge in [-0.25, -0.2) is 4.79 Å². The Morgan fingerprint density at radius 1 is 1.11 bits per heavy atom. The van der Waals surface area contributed by atoms with E-state index in [0.717, 1.165) is 16.8 Å². The number of para-hydroxylation sites is 1. The van der Waals surface area contributed by atoms with Gasteiger partial charge in [0, 0.05) is 25.0 Å². The number of amides is 3. The number of hydrogen-bond acceptors (Lipinski definition) is 6. The van der Waals surface area contributed by atoms with E-state index in [4.69, 9.17) is 0 Å². The molecular weight excluding hydrogens is 364 g/mol. The van der Waals surface area contributed by atoms with Gasteiger partial charge in [-0.2, -0.15) is 0 Å². The Bertz CT molecular complexity index is 957. The van der Waals surface area contributed by atoms with Gasteiger partial charge in [0.1, 0.15) is 0 Å². The SMILES string of the molecule is CNC(=O)NC(=O)CSc1nnc(-c2ccncc2)n1-c1ccccc1C. The fraction of sp³-hybridized carbons (Fsp3) is 0.167. The molecule has 0 fully saturated rings. The summed E-state index contributed by atoms with van der Waals surface area (Å²) >= 11 is 1.21. The molecule has 3 aromatic rings. The Kier molecular flexibility index (Phi) is 5.82. The van der Waals surface area contributed by atoms with Crippen molar-refractivity contribution in [2.45, 2.75) is 12.1 Å². The summed E-state index contributed by atoms with van der Waals surface area (Å²) in [4.78, 5) is 27.2. The van der Waals surface area contributed by atoms with Gasteiger partial charge in [0.15, 0.2) is 11.0 Å². The maximum atomic E-state index is 11.9. The average molecular weight is 382 g/mol. The minimum atomic E-state index is -0.543. The van der Waals surface area contributed by atoms with Crippen molar-refractivity contribution in [3.05, 3.63) is 54.4 Å². The second-order valence-corrected chi connectivity index (χ2v) is 6.52. The Hall–Kier alpha value is -3.20. The number of rotatable bonds is 5. The molecule has 0 aliphatic heterocycles. The van der Waals surface area contributed by atoms with Crippen LogP contribution >= 0.6 is 11.8 Å². The van der Waals surface area contributed by atoms with E-state index in [1.165, 1.54) is 18.8 Å². The fourth-order valence-electron chi connectivity index (χ4n) is 2.44. The number of aryl methyl sites for hydroxylation is 1. The molecule has 0 radical (unpaired) electrons. The van der Waals surface area contributed by atoms with Crippen LogP contribution in [0.2, 0.25) is 0 Å². The van der Waals surface area contributed by atoms with Crippen molar-refractivity contribution in [2.75, 3.05) is 12.8 Å². The van der Waals surface area contributed by atoms with E-state index < -0.39 is 11.9 Å². The number of carbonyl (C=O) groups excluding carboxylic acids is 2. The summed E-state index contributed by atoms with van der Waals surface area (Å²) in [6.45, 7) is 2.00. The van der Waals surface area contributed by atoms with E-state index in [1.807, 2.05) is 47.9 Å². The van der Waals surface area contributed by atoms with Crippen LogP contribution in [0.3, 0.4) is 0 Å². The van der Waals surface area contributed by atoms with Crippen molar-refractivity contribution in [3.63, 3.8) is 0 Å². The minimum Gasteiger partial charge on any atom is -0.341 e. The highest BCUT2D eigenvalue weighted by Crippen LogP contribution is 2.29. The van der Waals surface area contributed by atoms with Gasteiger partial charge in [0.25, 0.3) is 0 Å². The third kappa shape index (κ3) is 4.32. The monoisotopic (exact) mass is 382 g/mol. The molecule has 3 rings (SSSR count). The standard InChI is InChI=1S/C18H18N6O2S/c1-12-5-3-4-6-14(12)24-16(13-7-9-20-10-8-13)22-23-18(24)27-11-15(25)21-17(26)19-2/h3-10H,11H2,1-2H3,(H2,19,21,25,26). The summed E-state index contributed by atoms with van der Waals surface area (Å²) in [6.07, 6.45) is 3.38. The van der Waals surface area contributed by atoms with Crippen molar-refractivity contribution < 1.29 is 9.59 Å². The lowest BCUT2D eigenvalue weighted by Crippen LogP contribution is -2.38. The molecule has 8 nitrogen and oxygen atoms in total. The van der Waals surface area contributed by atoms with Crippen LogP contribution in [-0.4, -0.2) is 44.5 Å². The predicted molar refractivity (Wildman–Crippen MR) is 103 cm³/mol. The summed E-state index contributed by atoms with van der Waals surface area (Å²) < 4.78 is 1.91. The van der Waals surface area contributed by atoms with Gasteiger partial charge in [-0.15, -0.1) is 10.2 Å². The maximum Gasteiger partial charge on any atom is 0.321 e. The molecule has 2 heterocycles.